The van der Waals surface area contributed by atoms with Crippen LogP contribution in [0.15, 0.2) is 0 Å². The van der Waals surface area contributed by atoms with E-state index >= 15 is 0 Å². The Hall–Kier alpha value is -2.43. The molecule has 1 aromatic rings. The SMILES string of the molecule is CCCNc1nc(C)c([N+](=O)[O-])c(N(C)C(C)CC#N)n1. The first-order valence-corrected chi connectivity index (χ1v) is 6.79. The number of aryl methyl sites for hydroxylation is 1. The highest BCUT2D eigenvalue weighted by molar-refractivity contribution is 5.62. The van der Waals surface area contributed by atoms with Crippen LogP contribution in [0.5, 0.6) is 0 Å². The molecule has 114 valence electrons. The Labute approximate surface area is 124 Å². The Kier molecular flexibility index (Phi) is 5.84. The minimum absolute atomic E-state index is 0.121. The Morgan fingerprint density at radius 1 is 1.52 bits per heavy atom. The number of nitrogens with zero attached hydrogens (tertiary/aromatic N) is 5. The smallest absolute Gasteiger partial charge is 0.332 e. The fourth-order valence-corrected chi connectivity index (χ4v) is 1.81. The zero-order valence-corrected chi connectivity index (χ0v) is 12.8. The highest BCUT2D eigenvalue weighted by Crippen LogP contribution is 2.30. The molecule has 0 aliphatic heterocycles. The van der Waals surface area contributed by atoms with Gasteiger partial charge in [0.1, 0.15) is 5.69 Å². The number of anilines is 2. The van der Waals surface area contributed by atoms with E-state index in [0.29, 0.717) is 18.2 Å². The lowest BCUT2D eigenvalue weighted by molar-refractivity contribution is -0.385. The lowest BCUT2D eigenvalue weighted by atomic mass is 10.2. The van der Waals surface area contributed by atoms with Crippen molar-refractivity contribution in [3.05, 3.63) is 15.8 Å². The van der Waals surface area contributed by atoms with Gasteiger partial charge in [-0.25, -0.2) is 4.98 Å². The predicted molar refractivity (Wildman–Crippen MR) is 80.3 cm³/mol. The second kappa shape index (κ2) is 7.38. The maximum atomic E-state index is 11.3. The van der Waals surface area contributed by atoms with Gasteiger partial charge in [-0.15, -0.1) is 0 Å². The van der Waals surface area contributed by atoms with E-state index in [1.54, 1.807) is 18.9 Å². The molecule has 0 amide bonds. The molecule has 1 aromatic heterocycles. The van der Waals surface area contributed by atoms with Gasteiger partial charge in [-0.1, -0.05) is 6.92 Å². The summed E-state index contributed by atoms with van der Waals surface area (Å²) in [6.07, 6.45) is 1.16. The second-order valence-electron chi connectivity index (χ2n) is 4.81. The molecule has 0 spiro atoms. The quantitative estimate of drug-likeness (QED) is 0.606. The maximum Gasteiger partial charge on any atom is 0.332 e. The molecule has 8 heteroatoms. The molecule has 0 fully saturated rings. The molecule has 1 rings (SSSR count). The average molecular weight is 292 g/mol. The van der Waals surface area contributed by atoms with Gasteiger partial charge in [0.15, 0.2) is 0 Å². The number of hydrogen-bond donors (Lipinski definition) is 1. The van der Waals surface area contributed by atoms with Crippen molar-refractivity contribution in [3.63, 3.8) is 0 Å². The van der Waals surface area contributed by atoms with Crippen molar-refractivity contribution in [2.24, 2.45) is 0 Å². The maximum absolute atomic E-state index is 11.3. The summed E-state index contributed by atoms with van der Waals surface area (Å²) in [7, 11) is 1.69. The molecule has 1 unspecified atom stereocenters. The molecular weight excluding hydrogens is 272 g/mol. The molecule has 0 aromatic carbocycles. The van der Waals surface area contributed by atoms with Crippen molar-refractivity contribution in [1.82, 2.24) is 9.97 Å². The fourth-order valence-electron chi connectivity index (χ4n) is 1.81. The summed E-state index contributed by atoms with van der Waals surface area (Å²) in [4.78, 5) is 20.8. The monoisotopic (exact) mass is 292 g/mol. The molecule has 8 nitrogen and oxygen atoms in total. The number of nitrogens with one attached hydrogen (secondary N) is 1. The Balaban J connectivity index is 3.27. The van der Waals surface area contributed by atoms with Crippen LogP contribution in [0.2, 0.25) is 0 Å². The minimum atomic E-state index is -0.482. The summed E-state index contributed by atoms with van der Waals surface area (Å²) in [5.74, 6) is 0.597. The van der Waals surface area contributed by atoms with Crippen LogP contribution in [0.4, 0.5) is 17.5 Å². The largest absolute Gasteiger partial charge is 0.354 e. The van der Waals surface area contributed by atoms with Gasteiger partial charge in [-0.3, -0.25) is 10.1 Å². The third-order valence-corrected chi connectivity index (χ3v) is 3.14. The van der Waals surface area contributed by atoms with Gasteiger partial charge < -0.3 is 10.2 Å². The topological polar surface area (TPSA) is 108 Å². The molecule has 0 radical (unpaired) electrons. The first kappa shape index (κ1) is 16.6. The van der Waals surface area contributed by atoms with Crippen LogP contribution in [0, 0.1) is 28.4 Å². The lowest BCUT2D eigenvalue weighted by Gasteiger charge is -2.24. The van der Waals surface area contributed by atoms with Crippen LogP contribution in [0.3, 0.4) is 0 Å². The molecule has 1 heterocycles. The Bertz CT molecular complexity index is 554. The van der Waals surface area contributed by atoms with Crippen LogP contribution in [0.25, 0.3) is 0 Å². The predicted octanol–water partition coefficient (Wildman–Crippen LogP) is 2.25. The highest BCUT2D eigenvalue weighted by atomic mass is 16.6. The second-order valence-corrected chi connectivity index (χ2v) is 4.81. The van der Waals surface area contributed by atoms with Crippen LogP contribution >= 0.6 is 0 Å². The molecule has 0 saturated carbocycles. The highest BCUT2D eigenvalue weighted by Gasteiger charge is 2.26. The summed E-state index contributed by atoms with van der Waals surface area (Å²) in [6, 6.07) is 1.88. The number of hydrogen-bond acceptors (Lipinski definition) is 7. The number of nitro groups is 1. The van der Waals surface area contributed by atoms with Crippen LogP contribution in [-0.2, 0) is 0 Å². The first-order valence-electron chi connectivity index (χ1n) is 6.79. The molecular formula is C13H20N6O2. The molecule has 1 atom stereocenters. The number of nitriles is 1. The summed E-state index contributed by atoms with van der Waals surface area (Å²) in [5, 5.41) is 23.1. The van der Waals surface area contributed by atoms with Crippen LogP contribution in [-0.4, -0.2) is 34.5 Å². The van der Waals surface area contributed by atoms with E-state index in [-0.39, 0.29) is 24.0 Å². The number of rotatable bonds is 7. The summed E-state index contributed by atoms with van der Waals surface area (Å²) in [6.45, 7) is 6.11. The first-order chi connectivity index (χ1) is 9.92. The van der Waals surface area contributed by atoms with Gasteiger partial charge in [0, 0.05) is 19.6 Å². The third-order valence-electron chi connectivity index (χ3n) is 3.14. The van der Waals surface area contributed by atoms with E-state index in [2.05, 4.69) is 21.4 Å². The Morgan fingerprint density at radius 3 is 2.71 bits per heavy atom. The molecule has 21 heavy (non-hydrogen) atoms. The van der Waals surface area contributed by atoms with E-state index in [1.165, 1.54) is 0 Å². The van der Waals surface area contributed by atoms with Crippen LogP contribution in [0.1, 0.15) is 32.4 Å². The summed E-state index contributed by atoms with van der Waals surface area (Å²) >= 11 is 0. The van der Waals surface area contributed by atoms with Gasteiger partial charge in [-0.2, -0.15) is 10.2 Å². The van der Waals surface area contributed by atoms with Gasteiger partial charge >= 0.3 is 5.69 Å². The molecule has 0 saturated heterocycles. The van der Waals surface area contributed by atoms with E-state index in [4.69, 9.17) is 5.26 Å². The average Bonchev–Trinajstić information content (AvgIpc) is 2.43. The van der Waals surface area contributed by atoms with Gasteiger partial charge in [0.25, 0.3) is 0 Å². The standard InChI is InChI=1S/C13H20N6O2/c1-5-8-15-13-16-10(3)11(19(20)21)12(17-13)18(4)9(2)6-7-14/h9H,5-6,8H2,1-4H3,(H,15,16,17). The minimum Gasteiger partial charge on any atom is -0.354 e. The third kappa shape index (κ3) is 4.02. The summed E-state index contributed by atoms with van der Waals surface area (Å²) < 4.78 is 0. The van der Waals surface area contributed by atoms with E-state index < -0.39 is 4.92 Å². The van der Waals surface area contributed by atoms with E-state index in [1.807, 2.05) is 13.8 Å². The van der Waals surface area contributed by atoms with Crippen LogP contribution < -0.4 is 10.2 Å². The van der Waals surface area contributed by atoms with Crippen molar-refractivity contribution < 1.29 is 4.92 Å². The van der Waals surface area contributed by atoms with Crippen molar-refractivity contribution in [1.29, 1.82) is 5.26 Å². The van der Waals surface area contributed by atoms with Crippen molar-refractivity contribution >= 4 is 17.5 Å². The molecule has 0 aliphatic carbocycles. The zero-order chi connectivity index (χ0) is 16.0. The van der Waals surface area contributed by atoms with Gasteiger partial charge in [0.2, 0.25) is 11.8 Å². The Morgan fingerprint density at radius 2 is 2.19 bits per heavy atom. The lowest BCUT2D eigenvalue weighted by Crippen LogP contribution is -2.30. The molecule has 1 N–H and O–H groups in total. The number of aromatic nitrogens is 2. The molecule has 0 aliphatic rings. The van der Waals surface area contributed by atoms with Crippen molar-refractivity contribution in [3.8, 4) is 6.07 Å². The summed E-state index contributed by atoms with van der Waals surface area (Å²) in [5.41, 5.74) is 0.184. The van der Waals surface area contributed by atoms with Gasteiger partial charge in [-0.05, 0) is 20.3 Å². The molecule has 0 bridgehead atoms. The zero-order valence-electron chi connectivity index (χ0n) is 12.8. The van der Waals surface area contributed by atoms with Gasteiger partial charge in [0.05, 0.1) is 17.4 Å². The van der Waals surface area contributed by atoms with E-state index in [0.717, 1.165) is 6.42 Å². The van der Waals surface area contributed by atoms with Crippen molar-refractivity contribution in [2.75, 3.05) is 23.8 Å². The van der Waals surface area contributed by atoms with Crippen molar-refractivity contribution in [2.45, 2.75) is 39.7 Å². The fraction of sp³-hybridized carbons (Fsp3) is 0.615. The van der Waals surface area contributed by atoms with E-state index in [9.17, 15) is 10.1 Å². The normalized spacial score (nSPS) is 11.6.